The highest BCUT2D eigenvalue weighted by Gasteiger charge is 2.36. The number of anilines is 1. The molecule has 0 radical (unpaired) electrons. The van der Waals surface area contributed by atoms with Crippen molar-refractivity contribution in [3.8, 4) is 0 Å². The highest BCUT2D eigenvalue weighted by Crippen LogP contribution is 2.32. The lowest BCUT2D eigenvalue weighted by atomic mass is 10.1. The molecule has 32 heavy (non-hydrogen) atoms. The molecule has 3 amide bonds. The van der Waals surface area contributed by atoms with E-state index in [0.29, 0.717) is 22.1 Å². The van der Waals surface area contributed by atoms with Gasteiger partial charge in [0.15, 0.2) is 5.13 Å². The highest BCUT2D eigenvalue weighted by molar-refractivity contribution is 8.18. The molecule has 2 aromatic carbocycles. The molecule has 1 fully saturated rings. The molecule has 0 bridgehead atoms. The average molecular weight is 488 g/mol. The molecule has 0 spiro atoms. The summed E-state index contributed by atoms with van der Waals surface area (Å²) >= 11 is 8.20. The van der Waals surface area contributed by atoms with Crippen molar-refractivity contribution >= 4 is 63.0 Å². The van der Waals surface area contributed by atoms with E-state index in [1.165, 1.54) is 41.7 Å². The maximum Gasteiger partial charge on any atom is 0.294 e. The van der Waals surface area contributed by atoms with Crippen molar-refractivity contribution in [1.82, 2.24) is 9.88 Å². The van der Waals surface area contributed by atoms with Gasteiger partial charge in [-0.1, -0.05) is 41.9 Å². The second kappa shape index (κ2) is 9.64. The summed E-state index contributed by atoms with van der Waals surface area (Å²) in [6.45, 7) is -0.426. The van der Waals surface area contributed by atoms with Crippen LogP contribution in [0.15, 0.2) is 59.6 Å². The van der Waals surface area contributed by atoms with E-state index in [0.717, 1.165) is 27.1 Å². The standard InChI is InChI=1S/C22H15ClFN3O3S2/c23-17-4-2-1-3-14(17)10-16-11-25-21(31-16)26-19(28)12-27-20(29)18(32-22(27)30)9-13-5-7-15(24)8-6-13/h1-9,11H,10,12H2,(H,25,26,28). The molecule has 1 N–H and O–H groups in total. The first-order valence-electron chi connectivity index (χ1n) is 9.38. The smallest absolute Gasteiger partial charge is 0.294 e. The zero-order valence-corrected chi connectivity index (χ0v) is 18.8. The number of thiazole rings is 1. The van der Waals surface area contributed by atoms with E-state index in [4.69, 9.17) is 11.6 Å². The summed E-state index contributed by atoms with van der Waals surface area (Å²) in [6.07, 6.45) is 3.71. The van der Waals surface area contributed by atoms with Crippen molar-refractivity contribution in [1.29, 1.82) is 0 Å². The summed E-state index contributed by atoms with van der Waals surface area (Å²) in [5.74, 6) is -1.50. The number of carbonyl (C=O) groups excluding carboxylic acids is 3. The van der Waals surface area contributed by atoms with Gasteiger partial charge in [-0.25, -0.2) is 9.37 Å². The number of rotatable bonds is 6. The number of halogens is 2. The molecular formula is C22H15ClFN3O3S2. The van der Waals surface area contributed by atoms with Gasteiger partial charge in [0.2, 0.25) is 5.91 Å². The molecule has 2 heterocycles. The Hall–Kier alpha value is -3.01. The SMILES string of the molecule is O=C(CN1C(=O)SC(=Cc2ccc(F)cc2)C1=O)Nc1ncc(Cc2ccccc2Cl)s1. The van der Waals surface area contributed by atoms with Gasteiger partial charge in [-0.2, -0.15) is 0 Å². The second-order valence-electron chi connectivity index (χ2n) is 6.77. The van der Waals surface area contributed by atoms with Crippen LogP contribution in [0.4, 0.5) is 14.3 Å². The molecule has 0 atom stereocenters. The first-order valence-corrected chi connectivity index (χ1v) is 11.4. The van der Waals surface area contributed by atoms with Crippen LogP contribution in [0, 0.1) is 5.82 Å². The lowest BCUT2D eigenvalue weighted by Gasteiger charge is -2.11. The van der Waals surface area contributed by atoms with E-state index in [1.807, 2.05) is 24.3 Å². The molecule has 4 rings (SSSR count). The normalized spacial score (nSPS) is 14.9. The fourth-order valence-electron chi connectivity index (χ4n) is 2.93. The van der Waals surface area contributed by atoms with Gasteiger partial charge in [0.25, 0.3) is 11.1 Å². The molecule has 3 aromatic rings. The summed E-state index contributed by atoms with van der Waals surface area (Å²) in [4.78, 5) is 43.3. The van der Waals surface area contributed by atoms with Gasteiger partial charge in [-0.05, 0) is 47.2 Å². The lowest BCUT2D eigenvalue weighted by molar-refractivity contribution is -0.127. The Labute approximate surface area is 196 Å². The van der Waals surface area contributed by atoms with Crippen LogP contribution in [-0.4, -0.2) is 33.5 Å². The fourth-order valence-corrected chi connectivity index (χ4v) is 4.82. The molecule has 1 aromatic heterocycles. The third kappa shape index (κ3) is 5.24. The van der Waals surface area contributed by atoms with Crippen LogP contribution in [0.1, 0.15) is 16.0 Å². The van der Waals surface area contributed by atoms with Gasteiger partial charge in [0.05, 0.1) is 4.91 Å². The fraction of sp³-hybridized carbons (Fsp3) is 0.0909. The minimum atomic E-state index is -0.571. The van der Waals surface area contributed by atoms with Crippen molar-refractivity contribution in [2.24, 2.45) is 0 Å². The number of hydrogen-bond acceptors (Lipinski definition) is 6. The summed E-state index contributed by atoms with van der Waals surface area (Å²) in [5, 5.41) is 3.09. The predicted molar refractivity (Wildman–Crippen MR) is 124 cm³/mol. The number of nitrogens with one attached hydrogen (secondary N) is 1. The largest absolute Gasteiger partial charge is 0.300 e. The summed E-state index contributed by atoms with van der Waals surface area (Å²) in [7, 11) is 0. The summed E-state index contributed by atoms with van der Waals surface area (Å²) in [5.41, 5.74) is 1.52. The summed E-state index contributed by atoms with van der Waals surface area (Å²) < 4.78 is 13.0. The van der Waals surface area contributed by atoms with E-state index in [2.05, 4.69) is 10.3 Å². The number of carbonyl (C=O) groups is 3. The lowest BCUT2D eigenvalue weighted by Crippen LogP contribution is -2.36. The zero-order chi connectivity index (χ0) is 22.7. The zero-order valence-electron chi connectivity index (χ0n) is 16.4. The molecule has 0 saturated carbocycles. The minimum absolute atomic E-state index is 0.172. The van der Waals surface area contributed by atoms with E-state index >= 15 is 0 Å². The molecule has 1 aliphatic heterocycles. The molecule has 0 aliphatic carbocycles. The molecule has 0 unspecified atom stereocenters. The Morgan fingerprint density at radius 2 is 1.91 bits per heavy atom. The van der Waals surface area contributed by atoms with Crippen molar-refractivity contribution in [2.45, 2.75) is 6.42 Å². The molecular weight excluding hydrogens is 473 g/mol. The minimum Gasteiger partial charge on any atom is -0.300 e. The predicted octanol–water partition coefficient (Wildman–Crippen LogP) is 5.20. The van der Waals surface area contributed by atoms with E-state index in [9.17, 15) is 18.8 Å². The Morgan fingerprint density at radius 1 is 1.16 bits per heavy atom. The number of thioether (sulfide) groups is 1. The Morgan fingerprint density at radius 3 is 2.66 bits per heavy atom. The van der Waals surface area contributed by atoms with Gasteiger partial charge >= 0.3 is 0 Å². The summed E-state index contributed by atoms with van der Waals surface area (Å²) in [6, 6.07) is 13.0. The van der Waals surface area contributed by atoms with Crippen LogP contribution < -0.4 is 5.32 Å². The maximum absolute atomic E-state index is 13.0. The van der Waals surface area contributed by atoms with E-state index in [1.54, 1.807) is 6.20 Å². The molecule has 10 heteroatoms. The van der Waals surface area contributed by atoms with Gasteiger partial charge in [0, 0.05) is 22.5 Å². The number of aromatic nitrogens is 1. The molecule has 6 nitrogen and oxygen atoms in total. The van der Waals surface area contributed by atoms with Crippen molar-refractivity contribution in [2.75, 3.05) is 11.9 Å². The van der Waals surface area contributed by atoms with Gasteiger partial charge in [-0.3, -0.25) is 19.3 Å². The van der Waals surface area contributed by atoms with E-state index < -0.39 is 29.4 Å². The van der Waals surface area contributed by atoms with Gasteiger partial charge in [0.1, 0.15) is 12.4 Å². The van der Waals surface area contributed by atoms with Crippen molar-refractivity contribution in [3.05, 3.63) is 86.5 Å². The quantitative estimate of drug-likeness (QED) is 0.483. The van der Waals surface area contributed by atoms with Gasteiger partial charge < -0.3 is 5.32 Å². The highest BCUT2D eigenvalue weighted by atomic mass is 35.5. The third-order valence-corrected chi connectivity index (χ3v) is 6.65. The first-order chi connectivity index (χ1) is 15.4. The topological polar surface area (TPSA) is 79.4 Å². The van der Waals surface area contributed by atoms with Crippen LogP contribution in [0.25, 0.3) is 6.08 Å². The monoisotopic (exact) mass is 487 g/mol. The Bertz CT molecular complexity index is 1230. The van der Waals surface area contributed by atoms with Crippen molar-refractivity contribution < 1.29 is 18.8 Å². The van der Waals surface area contributed by atoms with Gasteiger partial charge in [-0.15, -0.1) is 11.3 Å². The third-order valence-electron chi connectivity index (χ3n) is 4.47. The molecule has 1 aliphatic rings. The number of nitrogens with zero attached hydrogens (tertiary/aromatic N) is 2. The molecule has 1 saturated heterocycles. The second-order valence-corrected chi connectivity index (χ2v) is 9.28. The van der Waals surface area contributed by atoms with Crippen LogP contribution in [0.2, 0.25) is 5.02 Å². The Kier molecular flexibility index (Phi) is 6.69. The number of hydrogen-bond donors (Lipinski definition) is 1. The van der Waals surface area contributed by atoms with Crippen LogP contribution in [0.5, 0.6) is 0 Å². The maximum atomic E-state index is 13.0. The van der Waals surface area contributed by atoms with E-state index in [-0.39, 0.29) is 4.91 Å². The van der Waals surface area contributed by atoms with Crippen molar-refractivity contribution in [3.63, 3.8) is 0 Å². The van der Waals surface area contributed by atoms with Crippen LogP contribution in [-0.2, 0) is 16.0 Å². The molecule has 162 valence electrons. The number of imide groups is 1. The Balaban J connectivity index is 1.37. The first kappa shape index (κ1) is 22.2. The van der Waals surface area contributed by atoms with Crippen LogP contribution >= 0.6 is 34.7 Å². The number of amides is 3. The number of benzene rings is 2. The van der Waals surface area contributed by atoms with Crippen LogP contribution in [0.3, 0.4) is 0 Å². The average Bonchev–Trinajstić information content (AvgIpc) is 3.30.